The molecule has 0 saturated carbocycles. The molecule has 8 aliphatic heterocycles. The van der Waals surface area contributed by atoms with Crippen molar-refractivity contribution in [3.8, 4) is 56.1 Å². The summed E-state index contributed by atoms with van der Waals surface area (Å²) in [5.41, 5.74) is 53.0. The fraction of sp³-hybridized carbons (Fsp3) is 0.0339. The molecule has 4 nitrogen and oxygen atoms in total. The van der Waals surface area contributed by atoms with Crippen LogP contribution in [0.5, 0.6) is 0 Å². The van der Waals surface area contributed by atoms with Gasteiger partial charge in [-0.15, -0.1) is 0 Å². The van der Waals surface area contributed by atoms with Gasteiger partial charge in [-0.25, -0.2) is 0 Å². The molecule has 0 unspecified atom stereocenters. The Labute approximate surface area is 731 Å². The highest BCUT2D eigenvalue weighted by Crippen LogP contribution is 2.44. The van der Waals surface area contributed by atoms with Crippen LogP contribution in [-0.4, -0.2) is 45.1 Å². The number of aromatic nitrogens is 4. The van der Waals surface area contributed by atoms with Crippen molar-refractivity contribution in [2.75, 3.05) is 0 Å². The van der Waals surface area contributed by atoms with Crippen LogP contribution in [0.2, 0.25) is 0 Å². The molecule has 8 aliphatic rings. The second-order valence-corrected chi connectivity index (χ2v) is 35.7. The van der Waals surface area contributed by atoms with Crippen LogP contribution >= 0.6 is 0 Å². The van der Waals surface area contributed by atoms with Crippen molar-refractivity contribution >= 4 is 180 Å². The molecule has 31 rings (SSSR count). The van der Waals surface area contributed by atoms with Gasteiger partial charge in [-0.05, 0) is 202 Å². The van der Waals surface area contributed by atoms with Gasteiger partial charge >= 0.3 is 0 Å². The van der Waals surface area contributed by atoms with Crippen LogP contribution in [-0.2, 0) is 25.7 Å². The summed E-state index contributed by atoms with van der Waals surface area (Å²) in [6, 6.07) is 153. The van der Waals surface area contributed by atoms with Gasteiger partial charge in [0.05, 0.1) is 22.1 Å². The molecule has 0 N–H and O–H groups in total. The van der Waals surface area contributed by atoms with Crippen molar-refractivity contribution in [1.29, 1.82) is 0 Å². The van der Waals surface area contributed by atoms with Crippen molar-refractivity contribution < 1.29 is 0 Å². The van der Waals surface area contributed by atoms with E-state index < -0.39 is 0 Å². The van der Waals surface area contributed by atoms with Gasteiger partial charge in [0, 0.05) is 87.9 Å². The summed E-state index contributed by atoms with van der Waals surface area (Å²) in [6.07, 6.45) is 4.06. The Morgan fingerprint density at radius 1 is 0.167 bits per heavy atom. The topological polar surface area (TPSA) is 19.7 Å². The Hall–Kier alpha value is -15.4. The molecule has 0 fully saturated rings. The van der Waals surface area contributed by atoms with Crippen molar-refractivity contribution in [3.63, 3.8) is 0 Å². The number of rotatable bonds is 3. The van der Waals surface area contributed by atoms with Gasteiger partial charge in [-0.1, -0.05) is 380 Å². The number of benzene rings is 19. The quantitative estimate of drug-likeness (QED) is 0.157. The maximum atomic E-state index is 2.54. The molecule has 19 aromatic carbocycles. The van der Waals surface area contributed by atoms with Gasteiger partial charge in [0.2, 0.25) is 26.9 Å². The highest BCUT2D eigenvalue weighted by atomic mass is 15.0. The van der Waals surface area contributed by atoms with Crippen LogP contribution in [0.25, 0.3) is 143 Å². The van der Waals surface area contributed by atoms with Crippen LogP contribution in [0, 0.1) is 0 Å². The minimum absolute atomic E-state index is 0.293. The third-order valence-corrected chi connectivity index (χ3v) is 29.6. The normalized spacial score (nSPS) is 13.4. The zero-order valence-electron chi connectivity index (χ0n) is 69.2. The second-order valence-electron chi connectivity index (χ2n) is 35.7. The van der Waals surface area contributed by atoms with E-state index in [1.165, 1.54) is 253 Å². The molecule has 0 radical (unpaired) electrons. The summed E-state index contributed by atoms with van der Waals surface area (Å²) in [6.45, 7) is 1.23. The molecule has 0 aliphatic carbocycles. The highest BCUT2D eigenvalue weighted by molar-refractivity contribution is 7.01. The van der Waals surface area contributed by atoms with E-state index in [4.69, 9.17) is 0 Å². The van der Waals surface area contributed by atoms with E-state index in [2.05, 4.69) is 431 Å². The maximum absolute atomic E-state index is 2.54. The SMILES string of the molecule is c1ccc(-c2ccc3c(c2)c2ccc4c5c2n3-c2ccccc2B5c2ccccc2C4)cc1.c1ccc(-c2ccc3c4ccc5c6c4n(c3c2)-c2ccccc2B6c2ccccc2C5)cc1.c1ccc(-c2cccc3c2c2ccc4c5c2n3-c2ccccc2B5c2ccccc2C4)cc1.c1ccc2c(c1)Cc1ccc3c4ccccc4n4c3c1B2c1ccccc1-4. The van der Waals surface area contributed by atoms with E-state index in [-0.39, 0.29) is 0 Å². The third kappa shape index (κ3) is 9.95. The molecule has 8 heteroatoms. The predicted molar refractivity (Wildman–Crippen MR) is 535 cm³/mol. The summed E-state index contributed by atoms with van der Waals surface area (Å²) >= 11 is 0. The zero-order chi connectivity index (χ0) is 82.1. The predicted octanol–water partition coefficient (Wildman–Crippen LogP) is 19.1. The lowest BCUT2D eigenvalue weighted by Gasteiger charge is -2.33. The monoisotopic (exact) mass is 1590 g/mol. The summed E-state index contributed by atoms with van der Waals surface area (Å²) in [4.78, 5) is 0. The Balaban J connectivity index is 0.0000000857. The number of fused-ring (bicyclic) bond motifs is 32. The summed E-state index contributed by atoms with van der Waals surface area (Å²) in [7, 11) is 0. The first kappa shape index (κ1) is 70.2. The molecule has 0 spiro atoms. The van der Waals surface area contributed by atoms with Gasteiger partial charge in [0.25, 0.3) is 0 Å². The van der Waals surface area contributed by atoms with Crippen molar-refractivity contribution in [3.05, 3.63) is 457 Å². The first-order chi connectivity index (χ1) is 62.6. The van der Waals surface area contributed by atoms with Gasteiger partial charge in [0.15, 0.2) is 0 Å². The largest absolute Gasteiger partial charge is 0.310 e. The standard InChI is InChI=1S/3C31H20BN.C25H16BN/c1-2-9-20(10-3-1)23-12-8-16-28-29(23)24-18-17-22-19-21-11-4-5-13-25(21)32-26-14-6-7-15-27(26)33(28)31(24)30(22)32;1-2-8-20(9-3-1)21-15-17-28-25(19-21)24-16-14-23-18-22-10-4-5-11-26(22)32-27-12-6-7-13-29(27)33(28)31(24)30(23)32;1-2-8-20(9-3-1)21-14-16-24-25-17-15-23-18-22-10-4-5-11-26(22)32-27-12-6-7-13-28(27)33(29(24)19-21)31(25)30(23)32;1-3-9-20-16(7-1)15-17-13-14-19-18-8-2-5-11-22(18)27-23-12-6-4-10-21(23)26(20)24(17)25(19)27/h1-18H,19H2;2*1-17,19H,18H2;1-14H,15H2. The molecule has 126 heavy (non-hydrogen) atoms. The second kappa shape index (κ2) is 27.1. The van der Waals surface area contributed by atoms with Crippen LogP contribution < -0.4 is 65.6 Å². The van der Waals surface area contributed by atoms with Gasteiger partial charge < -0.3 is 18.3 Å². The van der Waals surface area contributed by atoms with Crippen molar-refractivity contribution in [2.45, 2.75) is 25.7 Å². The summed E-state index contributed by atoms with van der Waals surface area (Å²) in [5.74, 6) is 0. The Morgan fingerprint density at radius 3 is 0.913 bits per heavy atom. The maximum Gasteiger partial charge on any atom is 0.247 e. The fourth-order valence-electron chi connectivity index (χ4n) is 24.5. The molecule has 23 aromatic rings. The molecule has 0 bridgehead atoms. The fourth-order valence-corrected chi connectivity index (χ4v) is 24.5. The number of para-hydroxylation sites is 5. The lowest BCUT2D eigenvalue weighted by atomic mass is 9.32. The minimum Gasteiger partial charge on any atom is -0.310 e. The minimum atomic E-state index is 0.293. The zero-order valence-corrected chi connectivity index (χ0v) is 69.2. The summed E-state index contributed by atoms with van der Waals surface area (Å²) < 4.78 is 10.1. The number of nitrogens with zero attached hydrogens (tertiary/aromatic N) is 4. The number of hydrogen-bond donors (Lipinski definition) is 0. The van der Waals surface area contributed by atoms with E-state index >= 15 is 0 Å². The van der Waals surface area contributed by atoms with Crippen molar-refractivity contribution in [2.24, 2.45) is 0 Å². The van der Waals surface area contributed by atoms with Gasteiger partial charge in [-0.2, -0.15) is 0 Å². The van der Waals surface area contributed by atoms with E-state index in [1.807, 2.05) is 0 Å². The first-order valence-electron chi connectivity index (χ1n) is 44.8. The molecule has 12 heterocycles. The van der Waals surface area contributed by atoms with Crippen LogP contribution in [0.1, 0.15) is 44.5 Å². The van der Waals surface area contributed by atoms with Crippen LogP contribution in [0.15, 0.2) is 413 Å². The van der Waals surface area contributed by atoms with E-state index in [0.29, 0.717) is 26.9 Å². The molecular weight excluding hydrogens is 1520 g/mol. The van der Waals surface area contributed by atoms with Gasteiger partial charge in [-0.3, -0.25) is 0 Å². The summed E-state index contributed by atoms with van der Waals surface area (Å²) in [5, 5.41) is 10.8. The Morgan fingerprint density at radius 2 is 0.468 bits per heavy atom. The molecular formula is C118H76B4N4. The lowest BCUT2D eigenvalue weighted by molar-refractivity contribution is 1.16. The van der Waals surface area contributed by atoms with Crippen LogP contribution in [0.3, 0.4) is 0 Å². The molecule has 0 amide bonds. The van der Waals surface area contributed by atoms with E-state index in [9.17, 15) is 0 Å². The lowest BCUT2D eigenvalue weighted by Crippen LogP contribution is -2.60. The Kier molecular flexibility index (Phi) is 15.1. The third-order valence-electron chi connectivity index (χ3n) is 29.6. The highest BCUT2D eigenvalue weighted by Gasteiger charge is 2.44. The van der Waals surface area contributed by atoms with Crippen molar-refractivity contribution in [1.82, 2.24) is 18.3 Å². The first-order valence-corrected chi connectivity index (χ1v) is 44.8. The van der Waals surface area contributed by atoms with E-state index in [0.717, 1.165) is 25.7 Å². The molecule has 0 saturated heterocycles. The average molecular weight is 1590 g/mol. The smallest absolute Gasteiger partial charge is 0.247 e. The van der Waals surface area contributed by atoms with E-state index in [1.54, 1.807) is 0 Å². The average Bonchev–Trinajstić information content (AvgIpc) is 1.51. The van der Waals surface area contributed by atoms with Gasteiger partial charge in [0.1, 0.15) is 0 Å². The molecule has 0 atom stereocenters. The van der Waals surface area contributed by atoms with Crippen LogP contribution in [0.4, 0.5) is 0 Å². The number of hydrogen-bond acceptors (Lipinski definition) is 0. The molecule has 4 aromatic heterocycles. The molecule has 580 valence electrons. The Bertz CT molecular complexity index is 8540.